The van der Waals surface area contributed by atoms with Gasteiger partial charge in [-0.2, -0.15) is 0 Å². The maximum Gasteiger partial charge on any atom is 0.143 e. The summed E-state index contributed by atoms with van der Waals surface area (Å²) in [6.45, 7) is 0. The zero-order valence-electron chi connectivity index (χ0n) is 32.0. The summed E-state index contributed by atoms with van der Waals surface area (Å²) in [5.74, 6) is 0. The Hall–Kier alpha value is -7.46. The van der Waals surface area contributed by atoms with Gasteiger partial charge in [0.2, 0.25) is 0 Å². The van der Waals surface area contributed by atoms with Crippen LogP contribution in [0.1, 0.15) is 0 Å². The van der Waals surface area contributed by atoms with Crippen LogP contribution in [0.25, 0.3) is 97.0 Å². The lowest BCUT2D eigenvalue weighted by atomic mass is 9.96. The van der Waals surface area contributed by atoms with Crippen LogP contribution < -0.4 is 4.90 Å². The molecule has 0 saturated carbocycles. The molecule has 276 valence electrons. The van der Waals surface area contributed by atoms with Crippen molar-refractivity contribution < 1.29 is 4.42 Å². The highest BCUT2D eigenvalue weighted by Crippen LogP contribution is 2.46. The Morgan fingerprint density at radius 3 is 1.85 bits per heavy atom. The van der Waals surface area contributed by atoms with Crippen LogP contribution >= 0.6 is 11.3 Å². The highest BCUT2D eigenvalue weighted by atomic mass is 32.1. The van der Waals surface area contributed by atoms with Gasteiger partial charge in [-0.1, -0.05) is 164 Å². The van der Waals surface area contributed by atoms with Crippen molar-refractivity contribution in [1.29, 1.82) is 0 Å². The second-order valence-electron chi connectivity index (χ2n) is 15.2. The summed E-state index contributed by atoms with van der Waals surface area (Å²) in [4.78, 5) is 2.40. The molecule has 0 aliphatic carbocycles. The summed E-state index contributed by atoms with van der Waals surface area (Å²) in [6, 6.07) is 76.9. The predicted molar refractivity (Wildman–Crippen MR) is 253 cm³/mol. The average Bonchev–Trinajstić information content (AvgIpc) is 3.89. The molecule has 12 aromatic rings. The van der Waals surface area contributed by atoms with Crippen LogP contribution in [0.2, 0.25) is 0 Å². The molecule has 2 heterocycles. The topological polar surface area (TPSA) is 16.4 Å². The molecule has 59 heavy (non-hydrogen) atoms. The summed E-state index contributed by atoms with van der Waals surface area (Å²) in [5, 5.41) is 9.62. The third-order valence-electron chi connectivity index (χ3n) is 11.9. The molecule has 0 unspecified atom stereocenters. The van der Waals surface area contributed by atoms with Gasteiger partial charge in [-0.3, -0.25) is 0 Å². The van der Waals surface area contributed by atoms with E-state index in [1.807, 2.05) is 11.3 Å². The van der Waals surface area contributed by atoms with E-state index in [-0.39, 0.29) is 0 Å². The molecule has 0 fully saturated rings. The van der Waals surface area contributed by atoms with Gasteiger partial charge in [0.1, 0.15) is 11.2 Å². The number of fused-ring (bicyclic) bond motifs is 9. The molecule has 2 aromatic heterocycles. The third-order valence-corrected chi connectivity index (χ3v) is 13.1. The Labute approximate surface area is 345 Å². The number of rotatable bonds is 6. The van der Waals surface area contributed by atoms with Crippen molar-refractivity contribution in [3.8, 4) is 33.4 Å². The minimum absolute atomic E-state index is 0.868. The number of benzene rings is 10. The molecule has 0 aliphatic rings. The van der Waals surface area contributed by atoms with Gasteiger partial charge in [-0.15, -0.1) is 11.3 Å². The molecule has 0 N–H and O–H groups in total. The van der Waals surface area contributed by atoms with Crippen molar-refractivity contribution >= 4 is 92.1 Å². The number of hydrogen-bond acceptors (Lipinski definition) is 3. The minimum Gasteiger partial charge on any atom is -0.455 e. The summed E-state index contributed by atoms with van der Waals surface area (Å²) in [5.41, 5.74) is 12.2. The van der Waals surface area contributed by atoms with Gasteiger partial charge in [0.25, 0.3) is 0 Å². The van der Waals surface area contributed by atoms with Gasteiger partial charge in [0, 0.05) is 42.3 Å². The fraction of sp³-hybridized carbons (Fsp3) is 0. The molecule has 0 spiro atoms. The van der Waals surface area contributed by atoms with Crippen LogP contribution in [0.3, 0.4) is 0 Å². The highest BCUT2D eigenvalue weighted by molar-refractivity contribution is 7.26. The van der Waals surface area contributed by atoms with E-state index >= 15 is 0 Å². The maximum absolute atomic E-state index is 6.72. The quantitative estimate of drug-likeness (QED) is 0.167. The Morgan fingerprint density at radius 1 is 0.373 bits per heavy atom. The van der Waals surface area contributed by atoms with E-state index < -0.39 is 0 Å². The van der Waals surface area contributed by atoms with Crippen LogP contribution in [0.15, 0.2) is 217 Å². The van der Waals surface area contributed by atoms with E-state index in [2.05, 4.69) is 217 Å². The van der Waals surface area contributed by atoms with Crippen LogP contribution in [0.5, 0.6) is 0 Å². The smallest absolute Gasteiger partial charge is 0.143 e. The largest absolute Gasteiger partial charge is 0.455 e. The first-order chi connectivity index (χ1) is 29.2. The number of furan rings is 1. The fourth-order valence-corrected chi connectivity index (χ4v) is 10.3. The lowest BCUT2D eigenvalue weighted by Crippen LogP contribution is -2.10. The van der Waals surface area contributed by atoms with Gasteiger partial charge in [-0.05, 0) is 98.1 Å². The zero-order valence-corrected chi connectivity index (χ0v) is 32.8. The van der Waals surface area contributed by atoms with E-state index in [1.165, 1.54) is 69.7 Å². The van der Waals surface area contributed by atoms with Crippen molar-refractivity contribution in [2.45, 2.75) is 0 Å². The lowest BCUT2D eigenvalue weighted by Gasteiger charge is -2.27. The Bertz CT molecular complexity index is 3550. The second-order valence-corrected chi connectivity index (χ2v) is 16.3. The van der Waals surface area contributed by atoms with Gasteiger partial charge in [-0.25, -0.2) is 0 Å². The van der Waals surface area contributed by atoms with E-state index in [9.17, 15) is 0 Å². The first kappa shape index (κ1) is 33.7. The molecule has 0 aliphatic heterocycles. The Kier molecular flexibility index (Phi) is 7.75. The number of nitrogens with zero attached hydrogens (tertiary/aromatic N) is 1. The number of hydrogen-bond donors (Lipinski definition) is 0. The standard InChI is InChI=1S/C56H35NOS/c1-3-16-44-38(11-1)13-8-19-45(44)40-27-25-36(26-28-40)37-29-32-42(33-30-37)57(51-22-10-23-52-54(51)50-34-31-39-12-2-4-17-46(39)55(50)58-52)43-15-7-14-41(35-43)47-20-9-21-49-48-18-5-6-24-53(48)59-56(47)49/h1-35H. The van der Waals surface area contributed by atoms with Gasteiger partial charge in [0.15, 0.2) is 0 Å². The summed E-state index contributed by atoms with van der Waals surface area (Å²) < 4.78 is 9.33. The van der Waals surface area contributed by atoms with Crippen LogP contribution in [-0.4, -0.2) is 0 Å². The monoisotopic (exact) mass is 769 g/mol. The summed E-state index contributed by atoms with van der Waals surface area (Å²) >= 11 is 1.87. The molecule has 3 heteroatoms. The van der Waals surface area contributed by atoms with Crippen molar-refractivity contribution in [2.75, 3.05) is 4.90 Å². The second kappa shape index (κ2) is 13.6. The molecule has 0 amide bonds. The highest BCUT2D eigenvalue weighted by Gasteiger charge is 2.21. The van der Waals surface area contributed by atoms with E-state index in [4.69, 9.17) is 4.42 Å². The van der Waals surface area contributed by atoms with Crippen molar-refractivity contribution in [3.05, 3.63) is 212 Å². The molecule has 0 saturated heterocycles. The Balaban J connectivity index is 1.00. The van der Waals surface area contributed by atoms with E-state index in [1.54, 1.807) is 0 Å². The molecular formula is C56H35NOS. The molecule has 2 nitrogen and oxygen atoms in total. The molecule has 0 bridgehead atoms. The lowest BCUT2D eigenvalue weighted by molar-refractivity contribution is 0.672. The molecule has 12 rings (SSSR count). The normalized spacial score (nSPS) is 11.7. The first-order valence-corrected chi connectivity index (χ1v) is 20.9. The van der Waals surface area contributed by atoms with Crippen molar-refractivity contribution in [2.24, 2.45) is 0 Å². The first-order valence-electron chi connectivity index (χ1n) is 20.1. The SMILES string of the molecule is c1cc(-c2cccc3c2sc2ccccc23)cc(N(c2ccc(-c3ccc(-c4cccc5ccccc45)cc3)cc2)c2cccc3oc4c5ccccc5ccc4c23)c1. The molecule has 0 radical (unpaired) electrons. The minimum atomic E-state index is 0.868. The molecule has 10 aromatic carbocycles. The van der Waals surface area contributed by atoms with Crippen LogP contribution in [-0.2, 0) is 0 Å². The van der Waals surface area contributed by atoms with Gasteiger partial charge < -0.3 is 9.32 Å². The Morgan fingerprint density at radius 2 is 1.00 bits per heavy atom. The number of anilines is 3. The zero-order chi connectivity index (χ0) is 38.9. The van der Waals surface area contributed by atoms with Gasteiger partial charge in [0.05, 0.1) is 11.1 Å². The summed E-state index contributed by atoms with van der Waals surface area (Å²) in [6.07, 6.45) is 0. The fourth-order valence-electron chi connectivity index (χ4n) is 9.06. The van der Waals surface area contributed by atoms with Crippen molar-refractivity contribution in [3.63, 3.8) is 0 Å². The van der Waals surface area contributed by atoms with Crippen LogP contribution in [0, 0.1) is 0 Å². The van der Waals surface area contributed by atoms with Gasteiger partial charge >= 0.3 is 0 Å². The molecule has 0 atom stereocenters. The number of thiophene rings is 1. The third kappa shape index (κ3) is 5.55. The predicted octanol–water partition coefficient (Wildman–Crippen LogP) is 16.7. The average molecular weight is 770 g/mol. The van der Waals surface area contributed by atoms with Crippen molar-refractivity contribution in [1.82, 2.24) is 0 Å². The van der Waals surface area contributed by atoms with Crippen LogP contribution in [0.4, 0.5) is 17.1 Å². The van der Waals surface area contributed by atoms with E-state index in [0.717, 1.165) is 44.4 Å². The van der Waals surface area contributed by atoms with E-state index in [0.29, 0.717) is 0 Å². The summed E-state index contributed by atoms with van der Waals surface area (Å²) in [7, 11) is 0. The molecular weight excluding hydrogens is 735 g/mol. The maximum atomic E-state index is 6.72.